The molecule has 4 nitrogen and oxygen atoms in total. The molecule has 110 valence electrons. The van der Waals surface area contributed by atoms with Gasteiger partial charge in [-0.1, -0.05) is 30.3 Å². The van der Waals surface area contributed by atoms with Crippen molar-refractivity contribution in [2.24, 2.45) is 0 Å². The number of benzene rings is 1. The summed E-state index contributed by atoms with van der Waals surface area (Å²) >= 11 is 0. The molecule has 2 saturated heterocycles. The van der Waals surface area contributed by atoms with Gasteiger partial charge in [0.25, 0.3) is 0 Å². The Morgan fingerprint density at radius 2 is 2.15 bits per heavy atom. The smallest absolute Gasteiger partial charge is 0.149 e. The number of hydrogen-bond donors (Lipinski definition) is 0. The van der Waals surface area contributed by atoms with Crippen LogP contribution in [0.1, 0.15) is 5.56 Å². The van der Waals surface area contributed by atoms with Crippen molar-refractivity contribution in [1.82, 2.24) is 0 Å². The van der Waals surface area contributed by atoms with Crippen LogP contribution in [0.2, 0.25) is 0 Å². The number of rotatable bonds is 6. The van der Waals surface area contributed by atoms with Crippen molar-refractivity contribution in [2.75, 3.05) is 27.0 Å². The van der Waals surface area contributed by atoms with Crippen LogP contribution in [0, 0.1) is 0 Å². The van der Waals surface area contributed by atoms with E-state index in [4.69, 9.17) is 18.9 Å². The van der Waals surface area contributed by atoms with Gasteiger partial charge in [0.1, 0.15) is 30.6 Å². The van der Waals surface area contributed by atoms with Gasteiger partial charge in [0, 0.05) is 7.11 Å². The van der Waals surface area contributed by atoms with Crippen molar-refractivity contribution >= 4 is 0 Å². The first-order valence-electron chi connectivity index (χ1n) is 6.80. The molecule has 2 bridgehead atoms. The summed E-state index contributed by atoms with van der Waals surface area (Å²) in [5.41, 5.74) is 0.256. The SMILES string of the molecule is CO[C@H]1[C@@H]2CO[C@@]1(COCc1ccccc1)C(CF)O2. The largest absolute Gasteiger partial charge is 0.375 e. The summed E-state index contributed by atoms with van der Waals surface area (Å²) in [5, 5.41) is 0. The van der Waals surface area contributed by atoms with E-state index < -0.39 is 18.4 Å². The average Bonchev–Trinajstić information content (AvgIpc) is 2.99. The van der Waals surface area contributed by atoms with Gasteiger partial charge < -0.3 is 18.9 Å². The number of ether oxygens (including phenoxy) is 4. The quantitative estimate of drug-likeness (QED) is 0.796. The van der Waals surface area contributed by atoms with Crippen molar-refractivity contribution < 1.29 is 23.3 Å². The van der Waals surface area contributed by atoms with Crippen LogP contribution >= 0.6 is 0 Å². The number of alkyl halides is 1. The van der Waals surface area contributed by atoms with Crippen molar-refractivity contribution in [3.05, 3.63) is 35.9 Å². The predicted molar refractivity (Wildman–Crippen MR) is 70.2 cm³/mol. The summed E-state index contributed by atoms with van der Waals surface area (Å²) < 4.78 is 35.7. The second-order valence-corrected chi connectivity index (χ2v) is 5.22. The molecule has 0 aliphatic carbocycles. The second kappa shape index (κ2) is 5.77. The van der Waals surface area contributed by atoms with Crippen LogP contribution in [0.5, 0.6) is 0 Å². The van der Waals surface area contributed by atoms with Crippen LogP contribution in [-0.4, -0.2) is 50.9 Å². The predicted octanol–water partition coefficient (Wildman–Crippen LogP) is 1.72. The van der Waals surface area contributed by atoms with Gasteiger partial charge in [-0.3, -0.25) is 0 Å². The highest BCUT2D eigenvalue weighted by molar-refractivity contribution is 5.14. The molecule has 0 radical (unpaired) electrons. The normalized spacial score (nSPS) is 35.6. The molecule has 0 amide bonds. The van der Waals surface area contributed by atoms with Crippen LogP contribution in [0.15, 0.2) is 30.3 Å². The number of methoxy groups -OCH3 is 1. The average molecular weight is 282 g/mol. The third-order valence-corrected chi connectivity index (χ3v) is 4.05. The minimum atomic E-state index is -0.817. The number of fused-ring (bicyclic) bond motifs is 2. The van der Waals surface area contributed by atoms with Gasteiger partial charge in [0.2, 0.25) is 0 Å². The van der Waals surface area contributed by atoms with Crippen molar-refractivity contribution in [3.63, 3.8) is 0 Å². The van der Waals surface area contributed by atoms with Gasteiger partial charge in [0.15, 0.2) is 0 Å². The lowest BCUT2D eigenvalue weighted by molar-refractivity contribution is -0.182. The standard InChI is InChI=1S/C15H19FO4/c1-17-14-12-9-19-15(14,13(7-16)20-12)10-18-8-11-5-3-2-4-6-11/h2-6,12-14H,7-10H2,1H3/t12-,13?,14-,15-/m0/s1. The third kappa shape index (κ3) is 2.24. The summed E-state index contributed by atoms with van der Waals surface area (Å²) in [6.07, 6.45) is -1.07. The molecule has 1 aromatic rings. The molecule has 0 saturated carbocycles. The van der Waals surface area contributed by atoms with Crippen molar-refractivity contribution in [2.45, 2.75) is 30.5 Å². The second-order valence-electron chi connectivity index (χ2n) is 5.22. The fourth-order valence-electron chi connectivity index (χ4n) is 3.07. The van der Waals surface area contributed by atoms with E-state index in [0.717, 1.165) is 5.56 Å². The first kappa shape index (κ1) is 13.9. The van der Waals surface area contributed by atoms with Gasteiger partial charge in [0.05, 0.1) is 19.8 Å². The zero-order valence-corrected chi connectivity index (χ0v) is 11.5. The minimum Gasteiger partial charge on any atom is -0.375 e. The number of hydrogen-bond acceptors (Lipinski definition) is 4. The summed E-state index contributed by atoms with van der Waals surface area (Å²) in [6.45, 7) is 0.576. The molecule has 3 rings (SSSR count). The zero-order chi connectivity index (χ0) is 14.0. The Balaban J connectivity index is 1.65. The van der Waals surface area contributed by atoms with E-state index >= 15 is 0 Å². The van der Waals surface area contributed by atoms with Crippen LogP contribution in [0.3, 0.4) is 0 Å². The first-order valence-corrected chi connectivity index (χ1v) is 6.80. The van der Waals surface area contributed by atoms with Gasteiger partial charge in [-0.25, -0.2) is 4.39 Å². The topological polar surface area (TPSA) is 36.9 Å². The van der Waals surface area contributed by atoms with Crippen LogP contribution in [-0.2, 0) is 25.6 Å². The fraction of sp³-hybridized carbons (Fsp3) is 0.600. The maximum Gasteiger partial charge on any atom is 0.149 e. The molecule has 1 aromatic carbocycles. The van der Waals surface area contributed by atoms with E-state index in [2.05, 4.69) is 0 Å². The van der Waals surface area contributed by atoms with Crippen LogP contribution < -0.4 is 0 Å². The molecule has 5 heteroatoms. The lowest BCUT2D eigenvalue weighted by Gasteiger charge is -2.33. The monoisotopic (exact) mass is 282 g/mol. The first-order chi connectivity index (χ1) is 9.80. The lowest BCUT2D eigenvalue weighted by atomic mass is 9.94. The molecule has 0 aromatic heterocycles. The maximum atomic E-state index is 13.1. The Morgan fingerprint density at radius 1 is 1.35 bits per heavy atom. The Hall–Kier alpha value is -1.01. The summed E-state index contributed by atoms with van der Waals surface area (Å²) in [4.78, 5) is 0. The van der Waals surface area contributed by atoms with E-state index in [1.807, 2.05) is 30.3 Å². The van der Waals surface area contributed by atoms with Gasteiger partial charge in [-0.15, -0.1) is 0 Å². The van der Waals surface area contributed by atoms with E-state index in [0.29, 0.717) is 13.2 Å². The van der Waals surface area contributed by atoms with Gasteiger partial charge in [-0.05, 0) is 5.56 Å². The number of halogens is 1. The lowest BCUT2D eigenvalue weighted by Crippen LogP contribution is -2.52. The molecule has 20 heavy (non-hydrogen) atoms. The highest BCUT2D eigenvalue weighted by Crippen LogP contribution is 2.43. The summed E-state index contributed by atoms with van der Waals surface area (Å²) in [7, 11) is 1.60. The van der Waals surface area contributed by atoms with Crippen molar-refractivity contribution in [1.29, 1.82) is 0 Å². The molecule has 0 N–H and O–H groups in total. The Kier molecular flexibility index (Phi) is 4.03. The highest BCUT2D eigenvalue weighted by Gasteiger charge is 2.63. The molecule has 1 unspecified atom stereocenters. The zero-order valence-electron chi connectivity index (χ0n) is 11.5. The fourth-order valence-corrected chi connectivity index (χ4v) is 3.07. The maximum absolute atomic E-state index is 13.1. The van der Waals surface area contributed by atoms with Crippen LogP contribution in [0.25, 0.3) is 0 Å². The molecule has 2 aliphatic heterocycles. The van der Waals surface area contributed by atoms with Gasteiger partial charge in [-0.2, -0.15) is 0 Å². The summed E-state index contributed by atoms with van der Waals surface area (Å²) in [5.74, 6) is 0. The van der Waals surface area contributed by atoms with E-state index in [-0.39, 0.29) is 18.8 Å². The molecule has 2 heterocycles. The van der Waals surface area contributed by atoms with Gasteiger partial charge >= 0.3 is 0 Å². The molecule has 0 spiro atoms. The Morgan fingerprint density at radius 3 is 2.85 bits per heavy atom. The van der Waals surface area contributed by atoms with E-state index in [9.17, 15) is 4.39 Å². The van der Waals surface area contributed by atoms with E-state index in [1.54, 1.807) is 7.11 Å². The molecule has 4 atom stereocenters. The Bertz CT molecular complexity index is 441. The highest BCUT2D eigenvalue weighted by atomic mass is 19.1. The molecule has 2 fully saturated rings. The van der Waals surface area contributed by atoms with Crippen molar-refractivity contribution in [3.8, 4) is 0 Å². The molecular weight excluding hydrogens is 263 g/mol. The summed E-state index contributed by atoms with van der Waals surface area (Å²) in [6, 6.07) is 9.85. The minimum absolute atomic E-state index is 0.193. The Labute approximate surface area is 117 Å². The van der Waals surface area contributed by atoms with E-state index in [1.165, 1.54) is 0 Å². The molecule has 2 aliphatic rings. The molecular formula is C15H19FO4. The third-order valence-electron chi connectivity index (χ3n) is 4.05. The van der Waals surface area contributed by atoms with Crippen LogP contribution in [0.4, 0.5) is 4.39 Å².